The lowest BCUT2D eigenvalue weighted by Gasteiger charge is -2.36. The first-order chi connectivity index (χ1) is 14.2. The molecule has 2 N–H and O–H groups in total. The highest BCUT2D eigenvalue weighted by atomic mass is 127. The van der Waals surface area contributed by atoms with Crippen molar-refractivity contribution < 1.29 is 13.9 Å². The SMILES string of the molecule is CCOC(=O)C[C@H](N)c1cc(-c2c(C)cc(CN3CC(I)C3)cc2C)cc(C)c1F. The first-order valence-electron chi connectivity index (χ1n) is 10.4. The summed E-state index contributed by atoms with van der Waals surface area (Å²) >= 11 is 2.49. The van der Waals surface area contributed by atoms with Crippen molar-refractivity contribution in [3.05, 3.63) is 57.9 Å². The molecule has 0 aromatic heterocycles. The average molecular weight is 524 g/mol. The summed E-state index contributed by atoms with van der Waals surface area (Å²) in [6.45, 7) is 11.2. The third-order valence-electron chi connectivity index (χ3n) is 5.57. The van der Waals surface area contributed by atoms with Crippen molar-refractivity contribution >= 4 is 28.6 Å². The van der Waals surface area contributed by atoms with Crippen LogP contribution in [0.4, 0.5) is 4.39 Å². The van der Waals surface area contributed by atoms with E-state index in [9.17, 15) is 9.18 Å². The minimum Gasteiger partial charge on any atom is -0.466 e. The molecule has 1 heterocycles. The smallest absolute Gasteiger partial charge is 0.307 e. The number of benzene rings is 2. The first-order valence-corrected chi connectivity index (χ1v) is 11.6. The maximum Gasteiger partial charge on any atom is 0.307 e. The van der Waals surface area contributed by atoms with Crippen LogP contribution in [0.5, 0.6) is 0 Å². The van der Waals surface area contributed by atoms with Crippen molar-refractivity contribution in [1.29, 1.82) is 0 Å². The highest BCUT2D eigenvalue weighted by molar-refractivity contribution is 14.1. The van der Waals surface area contributed by atoms with Gasteiger partial charge in [-0.15, -0.1) is 0 Å². The Morgan fingerprint density at radius 2 is 1.83 bits per heavy atom. The van der Waals surface area contributed by atoms with Crippen LogP contribution in [0.2, 0.25) is 0 Å². The van der Waals surface area contributed by atoms with Crippen LogP contribution in [0.1, 0.15) is 47.2 Å². The normalized spacial score (nSPS) is 15.7. The fourth-order valence-corrected chi connectivity index (χ4v) is 5.33. The first kappa shape index (κ1) is 23.2. The largest absolute Gasteiger partial charge is 0.466 e. The molecule has 0 spiro atoms. The van der Waals surface area contributed by atoms with Crippen molar-refractivity contribution in [3.63, 3.8) is 0 Å². The second-order valence-electron chi connectivity index (χ2n) is 8.21. The van der Waals surface area contributed by atoms with Gasteiger partial charge in [0, 0.05) is 35.2 Å². The maximum absolute atomic E-state index is 14.8. The highest BCUT2D eigenvalue weighted by Crippen LogP contribution is 2.34. The molecule has 1 aliphatic heterocycles. The number of ether oxygens (including phenoxy) is 1. The molecule has 1 saturated heterocycles. The molecule has 0 bridgehead atoms. The summed E-state index contributed by atoms with van der Waals surface area (Å²) in [5.74, 6) is -0.766. The molecule has 0 radical (unpaired) electrons. The number of hydrogen-bond donors (Lipinski definition) is 1. The number of halogens is 2. The molecule has 1 aliphatic rings. The summed E-state index contributed by atoms with van der Waals surface area (Å²) < 4.78 is 20.6. The van der Waals surface area contributed by atoms with Gasteiger partial charge in [-0.25, -0.2) is 4.39 Å². The number of carbonyl (C=O) groups excluding carboxylic acids is 1. The Hall–Kier alpha value is -1.51. The maximum atomic E-state index is 14.8. The van der Waals surface area contributed by atoms with E-state index >= 15 is 0 Å². The molecule has 0 unspecified atom stereocenters. The molecule has 30 heavy (non-hydrogen) atoms. The average Bonchev–Trinajstić information content (AvgIpc) is 2.62. The molecular weight excluding hydrogens is 494 g/mol. The van der Waals surface area contributed by atoms with Gasteiger partial charge in [-0.3, -0.25) is 9.69 Å². The van der Waals surface area contributed by atoms with Gasteiger partial charge in [0.15, 0.2) is 0 Å². The number of nitrogens with zero attached hydrogens (tertiary/aromatic N) is 1. The van der Waals surface area contributed by atoms with Crippen molar-refractivity contribution in [1.82, 2.24) is 4.90 Å². The lowest BCUT2D eigenvalue weighted by Crippen LogP contribution is -2.46. The van der Waals surface area contributed by atoms with Crippen LogP contribution in [0.25, 0.3) is 11.1 Å². The number of rotatable bonds is 7. The molecule has 0 saturated carbocycles. The van der Waals surface area contributed by atoms with Gasteiger partial charge >= 0.3 is 5.97 Å². The minimum absolute atomic E-state index is 0.0435. The highest BCUT2D eigenvalue weighted by Gasteiger charge is 2.24. The predicted molar refractivity (Wildman–Crippen MR) is 127 cm³/mol. The van der Waals surface area contributed by atoms with Crippen LogP contribution in [-0.4, -0.2) is 34.5 Å². The lowest BCUT2D eigenvalue weighted by molar-refractivity contribution is -0.143. The van der Waals surface area contributed by atoms with E-state index in [1.807, 2.05) is 6.07 Å². The Balaban J connectivity index is 1.91. The number of nitrogens with two attached hydrogens (primary N) is 1. The van der Waals surface area contributed by atoms with Crippen molar-refractivity contribution in [2.24, 2.45) is 5.73 Å². The van der Waals surface area contributed by atoms with Gasteiger partial charge in [0.25, 0.3) is 0 Å². The van der Waals surface area contributed by atoms with E-state index in [1.165, 1.54) is 5.56 Å². The summed E-state index contributed by atoms with van der Waals surface area (Å²) in [6.07, 6.45) is -0.0435. The van der Waals surface area contributed by atoms with Gasteiger partial charge in [0.1, 0.15) is 5.82 Å². The lowest BCUT2D eigenvalue weighted by atomic mass is 9.89. The Kier molecular flexibility index (Phi) is 7.52. The quantitative estimate of drug-likeness (QED) is 0.315. The van der Waals surface area contributed by atoms with Crippen LogP contribution >= 0.6 is 22.6 Å². The van der Waals surface area contributed by atoms with E-state index in [1.54, 1.807) is 19.9 Å². The Bertz CT molecular complexity index is 918. The molecule has 4 nitrogen and oxygen atoms in total. The third kappa shape index (κ3) is 5.21. The molecule has 1 atom stereocenters. The minimum atomic E-state index is -0.741. The molecule has 2 aromatic rings. The topological polar surface area (TPSA) is 55.6 Å². The van der Waals surface area contributed by atoms with E-state index in [4.69, 9.17) is 10.5 Å². The summed E-state index contributed by atoms with van der Waals surface area (Å²) in [5.41, 5.74) is 12.7. The Labute approximate surface area is 192 Å². The van der Waals surface area contributed by atoms with Crippen LogP contribution in [0.15, 0.2) is 24.3 Å². The van der Waals surface area contributed by atoms with Gasteiger partial charge in [-0.1, -0.05) is 34.7 Å². The Morgan fingerprint density at radius 1 is 1.20 bits per heavy atom. The van der Waals surface area contributed by atoms with Crippen molar-refractivity contribution in [2.45, 2.75) is 50.6 Å². The van der Waals surface area contributed by atoms with Crippen LogP contribution in [-0.2, 0) is 16.1 Å². The van der Waals surface area contributed by atoms with E-state index < -0.39 is 12.0 Å². The number of alkyl halides is 1. The van der Waals surface area contributed by atoms with Gasteiger partial charge in [0.2, 0.25) is 0 Å². The third-order valence-corrected chi connectivity index (χ3v) is 6.36. The molecule has 0 amide bonds. The fraction of sp³-hybridized carbons (Fsp3) is 0.458. The van der Waals surface area contributed by atoms with Gasteiger partial charge in [-0.2, -0.15) is 0 Å². The van der Waals surface area contributed by atoms with E-state index in [0.29, 0.717) is 11.1 Å². The second kappa shape index (κ2) is 9.75. The zero-order chi connectivity index (χ0) is 22.0. The van der Waals surface area contributed by atoms with Crippen LogP contribution < -0.4 is 5.73 Å². The number of likely N-dealkylation sites (tertiary alicyclic amines) is 1. The van der Waals surface area contributed by atoms with E-state index in [-0.39, 0.29) is 18.8 Å². The standard InChI is InChI=1S/C24H30FIN2O2/c1-5-30-22(29)10-21(27)20-9-18(8-16(4)24(20)25)23-14(2)6-17(7-15(23)3)11-28-12-19(26)13-28/h6-9,19,21H,5,10-13,27H2,1-4H3/t21-/m0/s1. The summed E-state index contributed by atoms with van der Waals surface area (Å²) in [4.78, 5) is 14.3. The van der Waals surface area contributed by atoms with Crippen LogP contribution in [0.3, 0.4) is 0 Å². The zero-order valence-electron chi connectivity index (χ0n) is 18.1. The number of hydrogen-bond acceptors (Lipinski definition) is 4. The van der Waals surface area contributed by atoms with Crippen molar-refractivity contribution in [3.8, 4) is 11.1 Å². The molecular formula is C24H30FIN2O2. The van der Waals surface area contributed by atoms with Crippen LogP contribution in [0, 0.1) is 26.6 Å². The fourth-order valence-electron chi connectivity index (χ4n) is 4.21. The zero-order valence-corrected chi connectivity index (χ0v) is 20.3. The molecule has 1 fully saturated rings. The summed E-state index contributed by atoms with van der Waals surface area (Å²) in [6, 6.07) is 7.35. The van der Waals surface area contributed by atoms with Crippen molar-refractivity contribution in [2.75, 3.05) is 19.7 Å². The second-order valence-corrected chi connectivity index (χ2v) is 9.97. The predicted octanol–water partition coefficient (Wildman–Crippen LogP) is 4.99. The molecule has 3 rings (SSSR count). The van der Waals surface area contributed by atoms with E-state index in [2.05, 4.69) is 53.5 Å². The number of aryl methyl sites for hydroxylation is 3. The van der Waals surface area contributed by atoms with E-state index in [0.717, 1.165) is 45.8 Å². The summed E-state index contributed by atoms with van der Waals surface area (Å²) in [5, 5.41) is 0. The number of carbonyl (C=O) groups is 1. The molecule has 0 aliphatic carbocycles. The van der Waals surface area contributed by atoms with Gasteiger partial charge in [-0.05, 0) is 73.2 Å². The molecule has 162 valence electrons. The van der Waals surface area contributed by atoms with Gasteiger partial charge < -0.3 is 10.5 Å². The Morgan fingerprint density at radius 3 is 2.40 bits per heavy atom. The number of esters is 1. The molecule has 2 aromatic carbocycles. The molecule has 6 heteroatoms. The monoisotopic (exact) mass is 524 g/mol. The van der Waals surface area contributed by atoms with Gasteiger partial charge in [0.05, 0.1) is 13.0 Å². The summed E-state index contributed by atoms with van der Waals surface area (Å²) in [7, 11) is 0.